The zero-order valence-electron chi connectivity index (χ0n) is 19.9. The maximum absolute atomic E-state index is 10.9. The minimum absolute atomic E-state index is 0.0808. The number of fused-ring (bicyclic) bond motifs is 2. The van der Waals surface area contributed by atoms with Gasteiger partial charge in [0.05, 0.1) is 24.6 Å². The Morgan fingerprint density at radius 2 is 2.03 bits per heavy atom. The molecule has 2 aliphatic rings. The van der Waals surface area contributed by atoms with Gasteiger partial charge in [0, 0.05) is 57.7 Å². The second-order valence-corrected chi connectivity index (χ2v) is 8.66. The minimum atomic E-state index is -0.0808. The molecule has 0 spiro atoms. The van der Waals surface area contributed by atoms with E-state index in [0.29, 0.717) is 43.3 Å². The van der Waals surface area contributed by atoms with Crippen molar-refractivity contribution in [1.29, 1.82) is 0 Å². The summed E-state index contributed by atoms with van der Waals surface area (Å²) < 4.78 is 23.8. The fourth-order valence-corrected chi connectivity index (χ4v) is 4.38. The molecule has 0 saturated heterocycles. The largest absolute Gasteiger partial charge is 0.477 e. The number of nitrogens with one attached hydrogen (secondary N) is 1. The van der Waals surface area contributed by atoms with Crippen LogP contribution in [0.3, 0.4) is 0 Å². The van der Waals surface area contributed by atoms with Gasteiger partial charge >= 0.3 is 0 Å². The molecule has 0 bridgehead atoms. The summed E-state index contributed by atoms with van der Waals surface area (Å²) >= 11 is 0. The van der Waals surface area contributed by atoms with E-state index in [1.54, 1.807) is 4.68 Å². The van der Waals surface area contributed by atoms with E-state index >= 15 is 0 Å². The van der Waals surface area contributed by atoms with Crippen LogP contribution in [0.15, 0.2) is 36.4 Å². The van der Waals surface area contributed by atoms with Crippen LogP contribution in [0, 0.1) is 0 Å². The highest BCUT2D eigenvalue weighted by Crippen LogP contribution is 2.35. The standard InChI is InChI=1S/C25H29N5O5/c1-29-9-8-26-25-21(29)5-4-19(27-25)7-10-33-24-13-20(28-30(24)2)11-18(14-32-15-31)17-3-6-22-23(12-17)35-16-34-22/h3-6,12-13,15,18H,7-11,14,16H2,1-2H3,(H,26,27). The van der Waals surface area contributed by atoms with Crippen molar-refractivity contribution in [3.63, 3.8) is 0 Å². The highest BCUT2D eigenvalue weighted by molar-refractivity contribution is 5.67. The van der Waals surface area contributed by atoms with E-state index < -0.39 is 0 Å². The molecule has 0 saturated carbocycles. The van der Waals surface area contributed by atoms with Crippen molar-refractivity contribution < 1.29 is 23.7 Å². The lowest BCUT2D eigenvalue weighted by Gasteiger charge is -2.27. The highest BCUT2D eigenvalue weighted by Gasteiger charge is 2.21. The zero-order chi connectivity index (χ0) is 24.2. The smallest absolute Gasteiger partial charge is 0.293 e. The molecule has 1 atom stereocenters. The van der Waals surface area contributed by atoms with Crippen molar-refractivity contribution in [2.45, 2.75) is 18.8 Å². The Kier molecular flexibility index (Phi) is 6.60. The lowest BCUT2D eigenvalue weighted by molar-refractivity contribution is -0.129. The van der Waals surface area contributed by atoms with Gasteiger partial charge in [-0.15, -0.1) is 0 Å². The number of carbonyl (C=O) groups excluding carboxylic acids is 1. The van der Waals surface area contributed by atoms with Crippen LogP contribution in [0.1, 0.15) is 22.9 Å². The number of carbonyl (C=O) groups is 1. The van der Waals surface area contributed by atoms with Gasteiger partial charge in [-0.3, -0.25) is 4.79 Å². The molecule has 0 fully saturated rings. The van der Waals surface area contributed by atoms with Crippen LogP contribution in [-0.2, 0) is 29.4 Å². The van der Waals surface area contributed by atoms with Gasteiger partial charge in [0.15, 0.2) is 11.5 Å². The van der Waals surface area contributed by atoms with Gasteiger partial charge in [-0.25, -0.2) is 9.67 Å². The molecular weight excluding hydrogens is 450 g/mol. The molecule has 0 radical (unpaired) electrons. The van der Waals surface area contributed by atoms with E-state index in [9.17, 15) is 4.79 Å². The molecule has 35 heavy (non-hydrogen) atoms. The lowest BCUT2D eigenvalue weighted by Crippen LogP contribution is -2.31. The summed E-state index contributed by atoms with van der Waals surface area (Å²) in [7, 11) is 3.93. The van der Waals surface area contributed by atoms with Crippen molar-refractivity contribution >= 4 is 18.0 Å². The molecule has 5 rings (SSSR count). The summed E-state index contributed by atoms with van der Waals surface area (Å²) in [6.07, 6.45) is 1.27. The first-order chi connectivity index (χ1) is 17.1. The molecule has 4 heterocycles. The Bertz CT molecular complexity index is 1200. The first kappa shape index (κ1) is 22.8. The first-order valence-electron chi connectivity index (χ1n) is 11.7. The Morgan fingerprint density at radius 3 is 2.91 bits per heavy atom. The number of benzene rings is 1. The summed E-state index contributed by atoms with van der Waals surface area (Å²) in [6.45, 7) is 3.26. The molecule has 10 nitrogen and oxygen atoms in total. The average Bonchev–Trinajstić information content (AvgIpc) is 3.47. The van der Waals surface area contributed by atoms with Crippen molar-refractivity contribution in [2.24, 2.45) is 7.05 Å². The summed E-state index contributed by atoms with van der Waals surface area (Å²) in [5.41, 5.74) is 3.93. The van der Waals surface area contributed by atoms with Gasteiger partial charge in [-0.2, -0.15) is 5.10 Å². The SMILES string of the molecule is CN1CCNc2nc(CCOc3cc(CC(COC=O)c4ccc5c(c4)OCO5)nn3C)ccc21. The van der Waals surface area contributed by atoms with E-state index in [0.717, 1.165) is 41.5 Å². The van der Waals surface area contributed by atoms with Crippen LogP contribution in [0.25, 0.3) is 0 Å². The number of anilines is 2. The molecule has 0 aliphatic carbocycles. The number of hydrogen-bond donors (Lipinski definition) is 1. The molecule has 0 amide bonds. The number of rotatable bonds is 10. The van der Waals surface area contributed by atoms with Crippen molar-refractivity contribution in [3.8, 4) is 17.4 Å². The second-order valence-electron chi connectivity index (χ2n) is 8.66. The molecular formula is C25H29N5O5. The number of pyridine rings is 1. The van der Waals surface area contributed by atoms with Gasteiger partial charge in [-0.05, 0) is 29.8 Å². The quantitative estimate of drug-likeness (QED) is 0.440. The van der Waals surface area contributed by atoms with E-state index in [4.69, 9.17) is 23.9 Å². The average molecular weight is 480 g/mol. The summed E-state index contributed by atoms with van der Waals surface area (Å²) in [4.78, 5) is 17.8. The third-order valence-electron chi connectivity index (χ3n) is 6.27. The fourth-order valence-electron chi connectivity index (χ4n) is 4.38. The normalized spacial score (nSPS) is 14.7. The molecule has 3 aromatic rings. The Labute approximate surface area is 203 Å². The van der Waals surface area contributed by atoms with Crippen LogP contribution in [0.5, 0.6) is 17.4 Å². The number of aromatic nitrogens is 3. The monoisotopic (exact) mass is 479 g/mol. The minimum Gasteiger partial charge on any atom is -0.477 e. The predicted octanol–water partition coefficient (Wildman–Crippen LogP) is 2.53. The van der Waals surface area contributed by atoms with Crippen LogP contribution < -0.4 is 24.4 Å². The molecule has 1 unspecified atom stereocenters. The number of hydrogen-bond acceptors (Lipinski definition) is 9. The predicted molar refractivity (Wildman–Crippen MR) is 129 cm³/mol. The van der Waals surface area contributed by atoms with Gasteiger partial charge in [0.1, 0.15) is 5.82 Å². The van der Waals surface area contributed by atoms with Crippen molar-refractivity contribution in [3.05, 3.63) is 53.3 Å². The van der Waals surface area contributed by atoms with Gasteiger partial charge in [0.2, 0.25) is 12.7 Å². The van der Waals surface area contributed by atoms with Crippen LogP contribution in [0.2, 0.25) is 0 Å². The van der Waals surface area contributed by atoms with Crippen molar-refractivity contribution in [1.82, 2.24) is 14.8 Å². The summed E-state index contributed by atoms with van der Waals surface area (Å²) in [5.74, 6) is 2.93. The lowest BCUT2D eigenvalue weighted by atomic mass is 9.94. The topological polar surface area (TPSA) is 100.0 Å². The molecule has 1 aromatic carbocycles. The second kappa shape index (κ2) is 10.1. The van der Waals surface area contributed by atoms with Crippen LogP contribution >= 0.6 is 0 Å². The van der Waals surface area contributed by atoms with Gasteiger partial charge in [-0.1, -0.05) is 6.07 Å². The number of likely N-dealkylation sites (N-methyl/N-ethyl adjacent to an activating group) is 1. The molecule has 1 N–H and O–H groups in total. The van der Waals surface area contributed by atoms with E-state index in [1.807, 2.05) is 37.4 Å². The summed E-state index contributed by atoms with van der Waals surface area (Å²) in [5, 5.41) is 7.97. The molecule has 2 aliphatic heterocycles. The molecule has 10 heteroatoms. The highest BCUT2D eigenvalue weighted by atomic mass is 16.7. The Balaban J connectivity index is 1.22. The Hall–Kier alpha value is -3.95. The van der Waals surface area contributed by atoms with E-state index in [2.05, 4.69) is 28.4 Å². The number of ether oxygens (including phenoxy) is 4. The fraction of sp³-hybridized carbons (Fsp3) is 0.400. The maximum atomic E-state index is 10.9. The number of aryl methyl sites for hydroxylation is 1. The maximum Gasteiger partial charge on any atom is 0.293 e. The summed E-state index contributed by atoms with van der Waals surface area (Å²) in [6, 6.07) is 11.8. The molecule has 2 aromatic heterocycles. The van der Waals surface area contributed by atoms with E-state index in [-0.39, 0.29) is 19.3 Å². The van der Waals surface area contributed by atoms with E-state index in [1.165, 1.54) is 0 Å². The van der Waals surface area contributed by atoms with Gasteiger partial charge in [0.25, 0.3) is 6.47 Å². The van der Waals surface area contributed by atoms with Crippen LogP contribution in [-0.4, -0.2) is 61.4 Å². The zero-order valence-corrected chi connectivity index (χ0v) is 19.9. The Morgan fingerprint density at radius 1 is 1.14 bits per heavy atom. The number of nitrogens with zero attached hydrogens (tertiary/aromatic N) is 4. The van der Waals surface area contributed by atoms with Crippen molar-refractivity contribution in [2.75, 3.05) is 50.4 Å². The van der Waals surface area contributed by atoms with Gasteiger partial charge < -0.3 is 29.2 Å². The first-order valence-corrected chi connectivity index (χ1v) is 11.7. The van der Waals surface area contributed by atoms with Crippen LogP contribution in [0.4, 0.5) is 11.5 Å². The third kappa shape index (κ3) is 5.11. The molecule has 184 valence electrons. The third-order valence-corrected chi connectivity index (χ3v) is 6.27.